The van der Waals surface area contributed by atoms with Crippen molar-refractivity contribution >= 4 is 34.6 Å². The monoisotopic (exact) mass is 583 g/mol. The minimum absolute atomic E-state index is 0.0195. The van der Waals surface area contributed by atoms with Gasteiger partial charge >= 0.3 is 6.09 Å². The van der Waals surface area contributed by atoms with E-state index >= 15 is 0 Å². The molecule has 0 radical (unpaired) electrons. The van der Waals surface area contributed by atoms with Gasteiger partial charge in [0.15, 0.2) is 6.10 Å². The van der Waals surface area contributed by atoms with E-state index in [1.54, 1.807) is 26.2 Å². The van der Waals surface area contributed by atoms with Crippen molar-refractivity contribution in [3.8, 4) is 0 Å². The number of ether oxygens (including phenoxy) is 1. The molecule has 0 fully saturated rings. The number of benzene rings is 1. The lowest BCUT2D eigenvalue weighted by atomic mass is 9.96. The van der Waals surface area contributed by atoms with Gasteiger partial charge in [0.05, 0.1) is 30.1 Å². The molecule has 0 aliphatic rings. The fourth-order valence-corrected chi connectivity index (χ4v) is 3.99. The SMILES string of the molecule is CN(C)C(=O)/C=C/CCC(OC(=O)N(C)C)C(=O)Nc1cncn(Cc2nc3cc(F)ccc3n2CC(C)(C)C)c1=O. The van der Waals surface area contributed by atoms with Gasteiger partial charge in [-0.1, -0.05) is 26.8 Å². The van der Waals surface area contributed by atoms with E-state index in [9.17, 15) is 23.6 Å². The Bertz CT molecular complexity index is 1540. The van der Waals surface area contributed by atoms with Crippen molar-refractivity contribution in [1.29, 1.82) is 0 Å². The lowest BCUT2D eigenvalue weighted by molar-refractivity contribution is -0.125. The summed E-state index contributed by atoms with van der Waals surface area (Å²) >= 11 is 0. The highest BCUT2D eigenvalue weighted by atomic mass is 19.1. The minimum Gasteiger partial charge on any atom is -0.436 e. The number of rotatable bonds is 10. The summed E-state index contributed by atoms with van der Waals surface area (Å²) in [6.45, 7) is 6.77. The second kappa shape index (κ2) is 13.4. The molecule has 1 unspecified atom stereocenters. The second-order valence-electron chi connectivity index (χ2n) is 11.5. The van der Waals surface area contributed by atoms with Gasteiger partial charge in [-0.25, -0.2) is 19.2 Å². The van der Waals surface area contributed by atoms with Crippen molar-refractivity contribution in [3.05, 3.63) is 64.9 Å². The summed E-state index contributed by atoms with van der Waals surface area (Å²) in [5.41, 5.74) is 0.401. The van der Waals surface area contributed by atoms with Gasteiger partial charge in [0.25, 0.3) is 11.5 Å². The van der Waals surface area contributed by atoms with Gasteiger partial charge in [-0.05, 0) is 36.5 Å². The standard InChI is InChI=1S/C29H38FN7O5/c1-29(2,3)17-37-22-13-12-19(30)14-20(22)32-24(37)16-36-18-31-15-21(27(36)40)33-26(39)23(42-28(41)35(6)7)10-8-9-11-25(38)34(4)5/h9,11-15,18,23H,8,10,16-17H2,1-7H3,(H,33,39)/b11-9+. The lowest BCUT2D eigenvalue weighted by Gasteiger charge is -2.21. The number of fused-ring (bicyclic) bond motifs is 1. The topological polar surface area (TPSA) is 132 Å². The second-order valence-corrected chi connectivity index (χ2v) is 11.5. The molecule has 3 aromatic rings. The molecular formula is C29H38FN7O5. The number of hydrogen-bond donors (Lipinski definition) is 1. The van der Waals surface area contributed by atoms with E-state index in [4.69, 9.17) is 4.74 Å². The molecule has 0 aliphatic carbocycles. The zero-order valence-electron chi connectivity index (χ0n) is 25.0. The first kappa shape index (κ1) is 32.0. The molecule has 0 saturated heterocycles. The largest absolute Gasteiger partial charge is 0.436 e. The molecule has 0 spiro atoms. The predicted molar refractivity (Wildman–Crippen MR) is 156 cm³/mol. The van der Waals surface area contributed by atoms with Gasteiger partial charge < -0.3 is 24.4 Å². The molecule has 1 atom stereocenters. The van der Waals surface area contributed by atoms with Gasteiger partial charge in [0, 0.05) is 40.8 Å². The number of likely N-dealkylation sites (N-methyl/N-ethyl adjacent to an activating group) is 1. The lowest BCUT2D eigenvalue weighted by Crippen LogP contribution is -2.38. The van der Waals surface area contributed by atoms with Crippen molar-refractivity contribution < 1.29 is 23.5 Å². The number of imidazole rings is 1. The highest BCUT2D eigenvalue weighted by Gasteiger charge is 2.25. The molecule has 226 valence electrons. The molecular weight excluding hydrogens is 545 g/mol. The van der Waals surface area contributed by atoms with Crippen LogP contribution in [0.4, 0.5) is 14.9 Å². The molecule has 0 aliphatic heterocycles. The quantitative estimate of drug-likeness (QED) is 0.363. The fraction of sp³-hybridized carbons (Fsp3) is 0.448. The third-order valence-electron chi connectivity index (χ3n) is 6.09. The van der Waals surface area contributed by atoms with Crippen LogP contribution in [-0.4, -0.2) is 81.1 Å². The zero-order chi connectivity index (χ0) is 31.2. The Kier molecular flexibility index (Phi) is 10.2. The number of nitrogens with one attached hydrogen (secondary N) is 1. The Morgan fingerprint density at radius 3 is 2.50 bits per heavy atom. The number of carbonyl (C=O) groups excluding carboxylic acids is 3. The van der Waals surface area contributed by atoms with Crippen molar-refractivity contribution in [2.24, 2.45) is 5.41 Å². The zero-order valence-corrected chi connectivity index (χ0v) is 25.0. The highest BCUT2D eigenvalue weighted by molar-refractivity contribution is 5.95. The first-order chi connectivity index (χ1) is 19.7. The molecule has 12 nitrogen and oxygen atoms in total. The van der Waals surface area contributed by atoms with Crippen LogP contribution in [0.2, 0.25) is 0 Å². The van der Waals surface area contributed by atoms with E-state index < -0.39 is 29.5 Å². The third kappa shape index (κ3) is 8.48. The van der Waals surface area contributed by atoms with Crippen molar-refractivity contribution in [1.82, 2.24) is 28.9 Å². The maximum Gasteiger partial charge on any atom is 0.410 e. The molecule has 13 heteroatoms. The summed E-state index contributed by atoms with van der Waals surface area (Å²) in [6, 6.07) is 4.37. The Balaban J connectivity index is 1.85. The molecule has 2 heterocycles. The summed E-state index contributed by atoms with van der Waals surface area (Å²) in [6.07, 6.45) is 3.85. The van der Waals surface area contributed by atoms with Crippen molar-refractivity contribution in [3.63, 3.8) is 0 Å². The number of anilines is 1. The van der Waals surface area contributed by atoms with E-state index in [0.29, 0.717) is 17.9 Å². The van der Waals surface area contributed by atoms with Gasteiger partial charge in [-0.2, -0.15) is 0 Å². The number of allylic oxidation sites excluding steroid dienone is 1. The molecule has 1 aromatic carbocycles. The van der Waals surface area contributed by atoms with Gasteiger partial charge in [-0.3, -0.25) is 19.0 Å². The number of carbonyl (C=O) groups is 3. The molecule has 42 heavy (non-hydrogen) atoms. The van der Waals surface area contributed by atoms with Gasteiger partial charge in [0.2, 0.25) is 5.91 Å². The third-order valence-corrected chi connectivity index (χ3v) is 6.09. The van der Waals surface area contributed by atoms with Crippen LogP contribution in [-0.2, 0) is 27.4 Å². The van der Waals surface area contributed by atoms with Crippen LogP contribution < -0.4 is 10.9 Å². The summed E-state index contributed by atoms with van der Waals surface area (Å²) in [5.74, 6) is -0.833. The number of hydrogen-bond acceptors (Lipinski definition) is 7. The van der Waals surface area contributed by atoms with E-state index in [0.717, 1.165) is 5.52 Å². The minimum atomic E-state index is -1.24. The summed E-state index contributed by atoms with van der Waals surface area (Å²) in [7, 11) is 6.19. The normalized spacial score (nSPS) is 12.4. The van der Waals surface area contributed by atoms with Crippen LogP contribution in [0.5, 0.6) is 0 Å². The first-order valence-corrected chi connectivity index (χ1v) is 13.4. The predicted octanol–water partition coefficient (Wildman–Crippen LogP) is 3.26. The molecule has 2 aromatic heterocycles. The van der Waals surface area contributed by atoms with E-state index in [-0.39, 0.29) is 36.4 Å². The average molecular weight is 584 g/mol. The van der Waals surface area contributed by atoms with Crippen molar-refractivity contribution in [2.45, 2.75) is 52.8 Å². The van der Waals surface area contributed by atoms with Crippen LogP contribution in [0.15, 0.2) is 47.7 Å². The maximum absolute atomic E-state index is 13.9. The fourth-order valence-electron chi connectivity index (χ4n) is 3.99. The van der Waals surface area contributed by atoms with E-state index in [2.05, 4.69) is 36.1 Å². The molecule has 1 N–H and O–H groups in total. The van der Waals surface area contributed by atoms with E-state index in [1.165, 1.54) is 59.2 Å². The Morgan fingerprint density at radius 1 is 1.14 bits per heavy atom. The number of aromatic nitrogens is 4. The van der Waals surface area contributed by atoms with Crippen LogP contribution in [0.3, 0.4) is 0 Å². The Hall–Kier alpha value is -4.55. The Morgan fingerprint density at radius 2 is 1.86 bits per heavy atom. The van der Waals surface area contributed by atoms with Crippen molar-refractivity contribution in [2.75, 3.05) is 33.5 Å². The maximum atomic E-state index is 13.9. The van der Waals surface area contributed by atoms with Crippen LogP contribution in [0.25, 0.3) is 11.0 Å². The number of nitrogens with zero attached hydrogens (tertiary/aromatic N) is 6. The number of halogens is 1. The van der Waals surface area contributed by atoms with Gasteiger partial charge in [0.1, 0.15) is 17.3 Å². The van der Waals surface area contributed by atoms with Crippen LogP contribution in [0, 0.1) is 11.2 Å². The smallest absolute Gasteiger partial charge is 0.410 e. The summed E-state index contributed by atoms with van der Waals surface area (Å²) in [5, 5.41) is 2.53. The van der Waals surface area contributed by atoms with E-state index in [1.807, 2.05) is 4.57 Å². The Labute approximate surface area is 243 Å². The first-order valence-electron chi connectivity index (χ1n) is 13.4. The summed E-state index contributed by atoms with van der Waals surface area (Å²) < 4.78 is 22.5. The summed E-state index contributed by atoms with van der Waals surface area (Å²) in [4.78, 5) is 61.8. The average Bonchev–Trinajstić information content (AvgIpc) is 3.21. The number of amides is 3. The van der Waals surface area contributed by atoms with Crippen LogP contribution in [0.1, 0.15) is 39.4 Å². The van der Waals surface area contributed by atoms with Crippen LogP contribution >= 0.6 is 0 Å². The molecule has 3 rings (SSSR count). The molecule has 0 bridgehead atoms. The van der Waals surface area contributed by atoms with Gasteiger partial charge in [-0.15, -0.1) is 0 Å². The molecule has 0 saturated carbocycles. The molecule has 3 amide bonds. The highest BCUT2D eigenvalue weighted by Crippen LogP contribution is 2.24.